The van der Waals surface area contributed by atoms with Crippen LogP contribution in [0.2, 0.25) is 0 Å². The fourth-order valence-electron chi connectivity index (χ4n) is 1.41. The summed E-state index contributed by atoms with van der Waals surface area (Å²) in [5, 5.41) is 0. The Morgan fingerprint density at radius 3 is 2.67 bits per heavy atom. The molecule has 0 saturated heterocycles. The van der Waals surface area contributed by atoms with Gasteiger partial charge >= 0.3 is 0 Å². The standard InChI is InChI=1S/C12H13BrN2/c1-10-4-5-11(12(13)8-10)9-14-15-6-2-3-7-15/h2-8,14H,9H2,1H3. The molecule has 0 aliphatic rings. The number of nitrogens with one attached hydrogen (secondary N) is 1. The van der Waals surface area contributed by atoms with E-state index in [4.69, 9.17) is 0 Å². The molecule has 2 rings (SSSR count). The lowest BCUT2D eigenvalue weighted by molar-refractivity contribution is 0.845. The number of nitrogens with zero attached hydrogens (tertiary/aromatic N) is 1. The third kappa shape index (κ3) is 2.63. The molecule has 78 valence electrons. The highest BCUT2D eigenvalue weighted by atomic mass is 79.9. The van der Waals surface area contributed by atoms with Crippen LogP contribution in [0.15, 0.2) is 47.2 Å². The maximum absolute atomic E-state index is 3.56. The zero-order chi connectivity index (χ0) is 10.7. The lowest BCUT2D eigenvalue weighted by atomic mass is 10.1. The van der Waals surface area contributed by atoms with Crippen molar-refractivity contribution >= 4 is 15.9 Å². The van der Waals surface area contributed by atoms with Crippen LogP contribution in [-0.4, -0.2) is 4.68 Å². The summed E-state index contributed by atoms with van der Waals surface area (Å²) in [6, 6.07) is 10.4. The Labute approximate surface area is 98.0 Å². The molecule has 0 atom stereocenters. The van der Waals surface area contributed by atoms with E-state index >= 15 is 0 Å². The molecule has 15 heavy (non-hydrogen) atoms. The topological polar surface area (TPSA) is 17.0 Å². The van der Waals surface area contributed by atoms with E-state index in [9.17, 15) is 0 Å². The van der Waals surface area contributed by atoms with Crippen LogP contribution in [0.25, 0.3) is 0 Å². The molecule has 0 bridgehead atoms. The lowest BCUT2D eigenvalue weighted by Gasteiger charge is -2.09. The van der Waals surface area contributed by atoms with E-state index in [1.54, 1.807) is 0 Å². The molecule has 1 N–H and O–H groups in total. The van der Waals surface area contributed by atoms with Crippen LogP contribution in [0.5, 0.6) is 0 Å². The highest BCUT2D eigenvalue weighted by Crippen LogP contribution is 2.18. The Morgan fingerprint density at radius 2 is 2.00 bits per heavy atom. The van der Waals surface area contributed by atoms with Crippen molar-refractivity contribution in [1.82, 2.24) is 4.68 Å². The zero-order valence-electron chi connectivity index (χ0n) is 8.57. The molecular formula is C12H13BrN2. The second-order valence-electron chi connectivity index (χ2n) is 3.52. The number of hydrogen-bond donors (Lipinski definition) is 1. The molecule has 0 aliphatic heterocycles. The third-order valence-corrected chi connectivity index (χ3v) is 3.00. The molecule has 0 amide bonds. The summed E-state index contributed by atoms with van der Waals surface area (Å²) in [5.41, 5.74) is 5.82. The first-order valence-corrected chi connectivity index (χ1v) is 5.67. The molecule has 1 heterocycles. The van der Waals surface area contributed by atoms with E-state index in [-0.39, 0.29) is 0 Å². The summed E-state index contributed by atoms with van der Waals surface area (Å²) in [6.07, 6.45) is 3.98. The lowest BCUT2D eigenvalue weighted by Crippen LogP contribution is -2.12. The van der Waals surface area contributed by atoms with Crippen molar-refractivity contribution in [1.29, 1.82) is 0 Å². The van der Waals surface area contributed by atoms with Crippen molar-refractivity contribution in [3.05, 3.63) is 58.3 Å². The van der Waals surface area contributed by atoms with Crippen LogP contribution in [0.1, 0.15) is 11.1 Å². The van der Waals surface area contributed by atoms with E-state index in [2.05, 4.69) is 46.5 Å². The average Bonchev–Trinajstić information content (AvgIpc) is 2.69. The van der Waals surface area contributed by atoms with Crippen LogP contribution in [0.4, 0.5) is 0 Å². The summed E-state index contributed by atoms with van der Waals surface area (Å²) < 4.78 is 3.11. The van der Waals surface area contributed by atoms with Gasteiger partial charge in [0.25, 0.3) is 0 Å². The molecule has 0 radical (unpaired) electrons. The maximum atomic E-state index is 3.56. The first kappa shape index (κ1) is 10.3. The Hall–Kier alpha value is -1.22. The first-order chi connectivity index (χ1) is 7.25. The number of aromatic nitrogens is 1. The van der Waals surface area contributed by atoms with Crippen molar-refractivity contribution in [2.75, 3.05) is 5.43 Å². The summed E-state index contributed by atoms with van der Waals surface area (Å²) >= 11 is 3.56. The number of hydrogen-bond acceptors (Lipinski definition) is 1. The highest BCUT2D eigenvalue weighted by Gasteiger charge is 1.99. The predicted octanol–water partition coefficient (Wildman–Crippen LogP) is 3.30. The molecule has 0 aliphatic carbocycles. The van der Waals surface area contributed by atoms with Gasteiger partial charge in [0.15, 0.2) is 0 Å². The fourth-order valence-corrected chi connectivity index (χ4v) is 2.05. The van der Waals surface area contributed by atoms with Crippen molar-refractivity contribution in [2.24, 2.45) is 0 Å². The monoisotopic (exact) mass is 264 g/mol. The van der Waals surface area contributed by atoms with Crippen LogP contribution < -0.4 is 5.43 Å². The van der Waals surface area contributed by atoms with Gasteiger partial charge in [-0.1, -0.05) is 28.1 Å². The molecular weight excluding hydrogens is 252 g/mol. The highest BCUT2D eigenvalue weighted by molar-refractivity contribution is 9.10. The Kier molecular flexibility index (Phi) is 3.11. The van der Waals surface area contributed by atoms with E-state index in [1.165, 1.54) is 11.1 Å². The van der Waals surface area contributed by atoms with Crippen molar-refractivity contribution < 1.29 is 0 Å². The Bertz CT molecular complexity index is 435. The van der Waals surface area contributed by atoms with Gasteiger partial charge in [0.1, 0.15) is 0 Å². The van der Waals surface area contributed by atoms with Gasteiger partial charge in [-0.3, -0.25) is 4.68 Å². The molecule has 1 aromatic carbocycles. The second-order valence-corrected chi connectivity index (χ2v) is 4.37. The molecule has 2 aromatic rings. The van der Waals surface area contributed by atoms with Gasteiger partial charge in [-0.05, 0) is 36.2 Å². The van der Waals surface area contributed by atoms with Crippen LogP contribution >= 0.6 is 15.9 Å². The summed E-state index contributed by atoms with van der Waals surface area (Å²) in [6.45, 7) is 2.91. The van der Waals surface area contributed by atoms with Gasteiger partial charge in [0.05, 0.1) is 6.54 Å². The minimum Gasteiger partial charge on any atom is -0.322 e. The summed E-state index contributed by atoms with van der Waals surface area (Å²) in [5.74, 6) is 0. The number of benzene rings is 1. The van der Waals surface area contributed by atoms with Gasteiger partial charge < -0.3 is 5.43 Å². The van der Waals surface area contributed by atoms with E-state index in [0.717, 1.165) is 11.0 Å². The SMILES string of the molecule is Cc1ccc(CNn2cccc2)c(Br)c1. The molecule has 0 spiro atoms. The molecule has 0 fully saturated rings. The summed E-state index contributed by atoms with van der Waals surface area (Å²) in [7, 11) is 0. The van der Waals surface area contributed by atoms with Crippen molar-refractivity contribution in [3.8, 4) is 0 Å². The van der Waals surface area contributed by atoms with Crippen LogP contribution in [0, 0.1) is 6.92 Å². The van der Waals surface area contributed by atoms with E-state index in [0.29, 0.717) is 0 Å². The van der Waals surface area contributed by atoms with Crippen LogP contribution in [-0.2, 0) is 6.54 Å². The Morgan fingerprint density at radius 1 is 1.27 bits per heavy atom. The zero-order valence-corrected chi connectivity index (χ0v) is 10.2. The molecule has 0 unspecified atom stereocenters. The summed E-state index contributed by atoms with van der Waals surface area (Å²) in [4.78, 5) is 0. The van der Waals surface area contributed by atoms with Crippen LogP contribution in [0.3, 0.4) is 0 Å². The minimum absolute atomic E-state index is 0.815. The normalized spacial score (nSPS) is 10.3. The Balaban J connectivity index is 2.05. The first-order valence-electron chi connectivity index (χ1n) is 4.87. The van der Waals surface area contributed by atoms with Gasteiger partial charge in [-0.25, -0.2) is 0 Å². The number of aryl methyl sites for hydroxylation is 1. The maximum Gasteiger partial charge on any atom is 0.0575 e. The largest absolute Gasteiger partial charge is 0.322 e. The molecule has 1 aromatic heterocycles. The quantitative estimate of drug-likeness (QED) is 0.901. The molecule has 2 nitrogen and oxygen atoms in total. The van der Waals surface area contributed by atoms with Gasteiger partial charge in [0.2, 0.25) is 0 Å². The molecule has 0 saturated carbocycles. The minimum atomic E-state index is 0.815. The fraction of sp³-hybridized carbons (Fsp3) is 0.167. The molecule has 3 heteroatoms. The number of halogens is 1. The van der Waals surface area contributed by atoms with Crippen molar-refractivity contribution in [3.63, 3.8) is 0 Å². The third-order valence-electron chi connectivity index (χ3n) is 2.27. The van der Waals surface area contributed by atoms with Gasteiger partial charge in [-0.15, -0.1) is 0 Å². The predicted molar refractivity (Wildman–Crippen MR) is 66.4 cm³/mol. The van der Waals surface area contributed by atoms with Gasteiger partial charge in [-0.2, -0.15) is 0 Å². The van der Waals surface area contributed by atoms with E-state index < -0.39 is 0 Å². The van der Waals surface area contributed by atoms with E-state index in [1.807, 2.05) is 29.2 Å². The smallest absolute Gasteiger partial charge is 0.0575 e. The number of rotatable bonds is 3. The second kappa shape index (κ2) is 4.53. The van der Waals surface area contributed by atoms with Gasteiger partial charge in [0, 0.05) is 16.9 Å². The van der Waals surface area contributed by atoms with Crippen molar-refractivity contribution in [2.45, 2.75) is 13.5 Å². The average molecular weight is 265 g/mol.